The summed E-state index contributed by atoms with van der Waals surface area (Å²) in [6.07, 6.45) is 14.2. The molecule has 1 heterocycles. The average Bonchev–Trinajstić information content (AvgIpc) is 3.33. The maximum absolute atomic E-state index is 13.3. The fourth-order valence-corrected chi connectivity index (χ4v) is 5.71. The summed E-state index contributed by atoms with van der Waals surface area (Å²) in [6.45, 7) is 2.80. The molecule has 4 rings (SSSR count). The topological polar surface area (TPSA) is 57.8 Å². The fraction of sp³-hybridized carbons (Fsp3) is 0.368. The van der Waals surface area contributed by atoms with Crippen molar-refractivity contribution in [2.24, 2.45) is 0 Å². The van der Waals surface area contributed by atoms with Gasteiger partial charge in [-0.15, -0.1) is 0 Å². The first kappa shape index (κ1) is 30.8. The van der Waals surface area contributed by atoms with E-state index in [0.29, 0.717) is 24.3 Å². The van der Waals surface area contributed by atoms with Crippen molar-refractivity contribution in [3.63, 3.8) is 0 Å². The Morgan fingerprint density at radius 1 is 0.690 bits per heavy atom. The zero-order valence-electron chi connectivity index (χ0n) is 25.2. The van der Waals surface area contributed by atoms with Gasteiger partial charge in [0.1, 0.15) is 17.5 Å². The molecule has 0 aliphatic carbocycles. The second kappa shape index (κ2) is 17.0. The molecule has 0 bridgehead atoms. The van der Waals surface area contributed by atoms with E-state index in [0.717, 1.165) is 40.8 Å². The van der Waals surface area contributed by atoms with Crippen LogP contribution in [0.2, 0.25) is 0 Å². The third kappa shape index (κ3) is 8.70. The number of benzene rings is 3. The number of anilines is 1. The van der Waals surface area contributed by atoms with Crippen molar-refractivity contribution >= 4 is 11.7 Å². The highest BCUT2D eigenvalue weighted by Gasteiger charge is 2.26. The van der Waals surface area contributed by atoms with E-state index in [1.165, 1.54) is 57.8 Å². The third-order valence-electron chi connectivity index (χ3n) is 7.93. The van der Waals surface area contributed by atoms with Crippen molar-refractivity contribution in [2.75, 3.05) is 5.32 Å². The van der Waals surface area contributed by atoms with E-state index in [-0.39, 0.29) is 5.91 Å². The van der Waals surface area contributed by atoms with Crippen LogP contribution in [0.5, 0.6) is 0 Å². The Bertz CT molecular complexity index is 1400. The second-order valence-corrected chi connectivity index (χ2v) is 11.2. The Morgan fingerprint density at radius 3 is 1.74 bits per heavy atom. The summed E-state index contributed by atoms with van der Waals surface area (Å²) in [4.78, 5) is 13.3. The van der Waals surface area contributed by atoms with Crippen molar-refractivity contribution in [3.8, 4) is 28.5 Å². The largest absolute Gasteiger partial charge is 0.321 e. The van der Waals surface area contributed by atoms with Crippen LogP contribution in [0.15, 0.2) is 91.0 Å². The monoisotopic (exact) mass is 559 g/mol. The molecule has 3 aromatic carbocycles. The quantitative estimate of drug-likeness (QED) is 0.131. The average molecular weight is 560 g/mol. The van der Waals surface area contributed by atoms with Crippen LogP contribution >= 0.6 is 0 Å². The Kier molecular flexibility index (Phi) is 12.5. The van der Waals surface area contributed by atoms with Crippen LogP contribution in [0.1, 0.15) is 95.1 Å². The second-order valence-electron chi connectivity index (χ2n) is 11.2. The van der Waals surface area contributed by atoms with Crippen LogP contribution < -0.4 is 5.32 Å². The molecule has 0 unspecified atom stereocenters. The highest BCUT2D eigenvalue weighted by Crippen LogP contribution is 2.42. The van der Waals surface area contributed by atoms with Crippen molar-refractivity contribution in [2.45, 2.75) is 90.5 Å². The summed E-state index contributed by atoms with van der Waals surface area (Å²) in [5, 5.41) is 13.7. The van der Waals surface area contributed by atoms with Gasteiger partial charge in [0, 0.05) is 18.5 Å². The Hall–Kier alpha value is -4.10. The van der Waals surface area contributed by atoms with Crippen LogP contribution in [0, 0.1) is 11.3 Å². The molecule has 0 aliphatic heterocycles. The van der Waals surface area contributed by atoms with Crippen LogP contribution in [-0.4, -0.2) is 10.5 Å². The summed E-state index contributed by atoms with van der Waals surface area (Å²) >= 11 is 0. The number of rotatable bonds is 17. The van der Waals surface area contributed by atoms with Gasteiger partial charge in [-0.3, -0.25) is 4.79 Å². The molecule has 1 amide bonds. The maximum Gasteiger partial charge on any atom is 0.225 e. The lowest BCUT2D eigenvalue weighted by Crippen LogP contribution is -2.16. The molecule has 1 N–H and O–H groups in total. The Morgan fingerprint density at radius 2 is 1.19 bits per heavy atom. The van der Waals surface area contributed by atoms with Crippen LogP contribution in [0.25, 0.3) is 22.4 Å². The number of hydrogen-bond acceptors (Lipinski definition) is 2. The highest BCUT2D eigenvalue weighted by molar-refractivity contribution is 5.98. The van der Waals surface area contributed by atoms with Gasteiger partial charge in [0.15, 0.2) is 0 Å². The number of unbranched alkanes of at least 4 members (excludes halogenated alkanes) is 10. The van der Waals surface area contributed by atoms with E-state index in [4.69, 9.17) is 0 Å². The molecule has 0 saturated heterocycles. The van der Waals surface area contributed by atoms with E-state index in [1.807, 2.05) is 66.7 Å². The molecule has 0 aliphatic rings. The lowest BCUT2D eigenvalue weighted by Gasteiger charge is -2.16. The van der Waals surface area contributed by atoms with Crippen molar-refractivity contribution in [3.05, 3.63) is 102 Å². The van der Waals surface area contributed by atoms with Gasteiger partial charge in [-0.1, -0.05) is 162 Å². The molecule has 0 fully saturated rings. The Labute approximate surface area is 252 Å². The molecule has 42 heavy (non-hydrogen) atoms. The van der Waals surface area contributed by atoms with E-state index in [9.17, 15) is 10.1 Å². The number of carbonyl (C=O) groups excluding carboxylic acids is 1. The van der Waals surface area contributed by atoms with Gasteiger partial charge < -0.3 is 9.88 Å². The minimum absolute atomic E-state index is 0.0338. The molecule has 1 aromatic heterocycles. The summed E-state index contributed by atoms with van der Waals surface area (Å²) < 4.78 is 2.12. The Balaban J connectivity index is 1.52. The predicted molar refractivity (Wildman–Crippen MR) is 175 cm³/mol. The first-order valence-corrected chi connectivity index (χ1v) is 15.8. The number of carbonyl (C=O) groups is 1. The predicted octanol–water partition coefficient (Wildman–Crippen LogP) is 10.4. The molecule has 4 nitrogen and oxygen atoms in total. The number of nitrogens with one attached hydrogen (secondary N) is 1. The summed E-state index contributed by atoms with van der Waals surface area (Å²) in [6, 6.07) is 32.9. The standard InChI is InChI=1S/C38H45N3O/c1-2-3-4-5-6-7-8-9-10-11-21-28-35(42)40-38-34(29-39)36(32-24-17-13-18-25-32)37(33-26-19-14-20-27-33)41(38)30-31-22-15-12-16-23-31/h12-20,22-27H,2-11,21,28,30H2,1H3,(H,40,42). The van der Waals surface area contributed by atoms with Crippen LogP contribution in [-0.2, 0) is 11.3 Å². The minimum atomic E-state index is -0.0338. The molecular weight excluding hydrogens is 514 g/mol. The molecule has 0 atom stereocenters. The van der Waals surface area contributed by atoms with E-state index >= 15 is 0 Å². The number of nitrogens with zero attached hydrogens (tertiary/aromatic N) is 2. The normalized spacial score (nSPS) is 10.9. The molecule has 4 aromatic rings. The minimum Gasteiger partial charge on any atom is -0.321 e. The van der Waals surface area contributed by atoms with Crippen LogP contribution in [0.3, 0.4) is 0 Å². The fourth-order valence-electron chi connectivity index (χ4n) is 5.71. The molecular formula is C38H45N3O. The third-order valence-corrected chi connectivity index (χ3v) is 7.93. The lowest BCUT2D eigenvalue weighted by molar-refractivity contribution is -0.116. The number of amides is 1. The van der Waals surface area contributed by atoms with Crippen molar-refractivity contribution < 1.29 is 4.79 Å². The smallest absolute Gasteiger partial charge is 0.225 e. The highest BCUT2D eigenvalue weighted by atomic mass is 16.1. The van der Waals surface area contributed by atoms with Gasteiger partial charge in [0.05, 0.1) is 5.69 Å². The summed E-state index contributed by atoms with van der Waals surface area (Å²) in [5.41, 5.74) is 5.37. The van der Waals surface area contributed by atoms with Crippen LogP contribution in [0.4, 0.5) is 5.82 Å². The van der Waals surface area contributed by atoms with E-state index in [2.05, 4.69) is 47.1 Å². The zero-order valence-corrected chi connectivity index (χ0v) is 25.2. The first-order chi connectivity index (χ1) is 20.7. The molecule has 4 heteroatoms. The van der Waals surface area contributed by atoms with Gasteiger partial charge in [-0.2, -0.15) is 5.26 Å². The molecule has 0 saturated carbocycles. The van der Waals surface area contributed by atoms with Gasteiger partial charge in [-0.25, -0.2) is 0 Å². The first-order valence-electron chi connectivity index (χ1n) is 15.8. The molecule has 218 valence electrons. The van der Waals surface area contributed by atoms with Crippen molar-refractivity contribution in [1.29, 1.82) is 5.26 Å². The molecule has 0 spiro atoms. The zero-order chi connectivity index (χ0) is 29.4. The number of hydrogen-bond donors (Lipinski definition) is 1. The summed E-state index contributed by atoms with van der Waals surface area (Å²) in [5.74, 6) is 0.542. The number of aromatic nitrogens is 1. The molecule has 0 radical (unpaired) electrons. The summed E-state index contributed by atoms with van der Waals surface area (Å²) in [7, 11) is 0. The SMILES string of the molecule is CCCCCCCCCCCCCC(=O)Nc1c(C#N)c(-c2ccccc2)c(-c2ccccc2)n1Cc1ccccc1. The maximum atomic E-state index is 13.3. The lowest BCUT2D eigenvalue weighted by atomic mass is 9.98. The van der Waals surface area contributed by atoms with Gasteiger partial charge in [-0.05, 0) is 23.1 Å². The van der Waals surface area contributed by atoms with E-state index in [1.54, 1.807) is 0 Å². The van der Waals surface area contributed by atoms with E-state index < -0.39 is 0 Å². The van der Waals surface area contributed by atoms with Crippen molar-refractivity contribution in [1.82, 2.24) is 4.57 Å². The van der Waals surface area contributed by atoms with Gasteiger partial charge >= 0.3 is 0 Å². The van der Waals surface area contributed by atoms with Gasteiger partial charge in [0.2, 0.25) is 5.91 Å². The number of nitriles is 1. The van der Waals surface area contributed by atoms with Gasteiger partial charge in [0.25, 0.3) is 0 Å².